The molecule has 2 aliphatic heterocycles. The zero-order valence-electron chi connectivity index (χ0n) is 9.28. The molecule has 2 fully saturated rings. The molecule has 4 nitrogen and oxygen atoms in total. The standard InChI is InChI=1S/C11H20N2O2/c1-8(14)9-3-2-4-13(7-9)11(15)10-5-12-6-10/h8-10,12,14H,2-7H2,1H3/t8-,9-/m1/s1. The van der Waals surface area contributed by atoms with Gasteiger partial charge < -0.3 is 15.3 Å². The predicted octanol–water partition coefficient (Wildman–Crippen LogP) is -0.175. The molecule has 1 amide bonds. The first-order valence-corrected chi connectivity index (χ1v) is 5.86. The molecule has 0 saturated carbocycles. The van der Waals surface area contributed by atoms with Crippen molar-refractivity contribution in [2.45, 2.75) is 25.9 Å². The Balaban J connectivity index is 1.88. The van der Waals surface area contributed by atoms with E-state index in [-0.39, 0.29) is 23.8 Å². The molecule has 0 aromatic heterocycles. The van der Waals surface area contributed by atoms with Crippen LogP contribution in [0.3, 0.4) is 0 Å². The van der Waals surface area contributed by atoms with Gasteiger partial charge in [-0.25, -0.2) is 0 Å². The summed E-state index contributed by atoms with van der Waals surface area (Å²) >= 11 is 0. The Kier molecular flexibility index (Phi) is 3.26. The lowest BCUT2D eigenvalue weighted by Gasteiger charge is -2.38. The van der Waals surface area contributed by atoms with Crippen LogP contribution in [0.15, 0.2) is 0 Å². The summed E-state index contributed by atoms with van der Waals surface area (Å²) in [5, 5.41) is 12.7. The molecule has 0 unspecified atom stereocenters. The molecular formula is C11H20N2O2. The third-order valence-corrected chi connectivity index (χ3v) is 3.58. The van der Waals surface area contributed by atoms with E-state index in [1.54, 1.807) is 0 Å². The number of nitrogens with zero attached hydrogens (tertiary/aromatic N) is 1. The van der Waals surface area contributed by atoms with Gasteiger partial charge in [0.25, 0.3) is 0 Å². The zero-order chi connectivity index (χ0) is 10.8. The number of carbonyl (C=O) groups is 1. The number of hydrogen-bond donors (Lipinski definition) is 2. The first kappa shape index (κ1) is 10.9. The van der Waals surface area contributed by atoms with Crippen LogP contribution in [0, 0.1) is 11.8 Å². The van der Waals surface area contributed by atoms with Crippen molar-refractivity contribution in [1.29, 1.82) is 0 Å². The van der Waals surface area contributed by atoms with Gasteiger partial charge in [-0.05, 0) is 19.8 Å². The van der Waals surface area contributed by atoms with E-state index in [9.17, 15) is 9.90 Å². The smallest absolute Gasteiger partial charge is 0.228 e. The Labute approximate surface area is 90.6 Å². The van der Waals surface area contributed by atoms with Crippen LogP contribution in [0.25, 0.3) is 0 Å². The van der Waals surface area contributed by atoms with E-state index in [0.29, 0.717) is 0 Å². The third-order valence-electron chi connectivity index (χ3n) is 3.58. The van der Waals surface area contributed by atoms with Gasteiger partial charge in [-0.2, -0.15) is 0 Å². The molecule has 2 rings (SSSR count). The van der Waals surface area contributed by atoms with Gasteiger partial charge in [0.2, 0.25) is 5.91 Å². The van der Waals surface area contributed by atoms with Crippen molar-refractivity contribution < 1.29 is 9.90 Å². The number of hydrogen-bond acceptors (Lipinski definition) is 3. The highest BCUT2D eigenvalue weighted by molar-refractivity contribution is 5.80. The van der Waals surface area contributed by atoms with Crippen molar-refractivity contribution in [2.75, 3.05) is 26.2 Å². The van der Waals surface area contributed by atoms with Crippen molar-refractivity contribution in [2.24, 2.45) is 11.8 Å². The lowest BCUT2D eigenvalue weighted by atomic mass is 9.91. The topological polar surface area (TPSA) is 52.6 Å². The Morgan fingerprint density at radius 2 is 2.27 bits per heavy atom. The molecule has 2 saturated heterocycles. The summed E-state index contributed by atoms with van der Waals surface area (Å²) < 4.78 is 0. The second kappa shape index (κ2) is 4.49. The lowest BCUT2D eigenvalue weighted by Crippen LogP contribution is -2.54. The molecule has 2 atom stereocenters. The number of aliphatic hydroxyl groups excluding tert-OH is 1. The number of nitrogens with one attached hydrogen (secondary N) is 1. The van der Waals surface area contributed by atoms with Crippen LogP contribution in [0.4, 0.5) is 0 Å². The summed E-state index contributed by atoms with van der Waals surface area (Å²) in [6.07, 6.45) is 1.78. The van der Waals surface area contributed by atoms with E-state index >= 15 is 0 Å². The van der Waals surface area contributed by atoms with E-state index in [1.165, 1.54) is 0 Å². The van der Waals surface area contributed by atoms with E-state index in [1.807, 2.05) is 11.8 Å². The van der Waals surface area contributed by atoms with E-state index in [4.69, 9.17) is 0 Å². The number of piperidine rings is 1. The average molecular weight is 212 g/mol. The number of likely N-dealkylation sites (tertiary alicyclic amines) is 1. The fourth-order valence-electron chi connectivity index (χ4n) is 2.33. The van der Waals surface area contributed by atoms with Crippen molar-refractivity contribution in [3.8, 4) is 0 Å². The van der Waals surface area contributed by atoms with Crippen LogP contribution in [-0.2, 0) is 4.79 Å². The molecule has 0 radical (unpaired) electrons. The summed E-state index contributed by atoms with van der Waals surface area (Å²) in [5.41, 5.74) is 0. The van der Waals surface area contributed by atoms with Gasteiger partial charge in [-0.15, -0.1) is 0 Å². The average Bonchev–Trinajstić information content (AvgIpc) is 2.15. The summed E-state index contributed by atoms with van der Waals surface area (Å²) in [6.45, 7) is 5.10. The van der Waals surface area contributed by atoms with Crippen LogP contribution < -0.4 is 5.32 Å². The normalized spacial score (nSPS) is 29.7. The summed E-state index contributed by atoms with van der Waals surface area (Å²) in [5.74, 6) is 0.743. The molecule has 2 N–H and O–H groups in total. The van der Waals surface area contributed by atoms with Gasteiger partial charge in [0.15, 0.2) is 0 Å². The highest BCUT2D eigenvalue weighted by atomic mass is 16.3. The quantitative estimate of drug-likeness (QED) is 0.668. The minimum absolute atomic E-state index is 0.192. The molecule has 4 heteroatoms. The largest absolute Gasteiger partial charge is 0.393 e. The predicted molar refractivity (Wildman–Crippen MR) is 57.3 cm³/mol. The maximum absolute atomic E-state index is 12.0. The van der Waals surface area contributed by atoms with E-state index in [2.05, 4.69) is 5.32 Å². The van der Waals surface area contributed by atoms with Crippen LogP contribution in [0.1, 0.15) is 19.8 Å². The Bertz CT molecular complexity index is 239. The van der Waals surface area contributed by atoms with Gasteiger partial charge in [0.1, 0.15) is 0 Å². The minimum Gasteiger partial charge on any atom is -0.393 e. The van der Waals surface area contributed by atoms with Crippen molar-refractivity contribution in [3.05, 3.63) is 0 Å². The molecular weight excluding hydrogens is 192 g/mol. The minimum atomic E-state index is -0.292. The fourth-order valence-corrected chi connectivity index (χ4v) is 2.33. The second-order valence-corrected chi connectivity index (χ2v) is 4.78. The molecule has 2 aliphatic rings. The van der Waals surface area contributed by atoms with E-state index in [0.717, 1.165) is 39.0 Å². The van der Waals surface area contributed by atoms with Crippen LogP contribution >= 0.6 is 0 Å². The number of rotatable bonds is 2. The van der Waals surface area contributed by atoms with Gasteiger partial charge in [-0.1, -0.05) is 0 Å². The number of amides is 1. The lowest BCUT2D eigenvalue weighted by molar-refractivity contribution is -0.139. The van der Waals surface area contributed by atoms with Crippen LogP contribution in [-0.4, -0.2) is 48.2 Å². The SMILES string of the molecule is C[C@@H](O)[C@@H]1CCCN(C(=O)C2CNC2)C1. The highest BCUT2D eigenvalue weighted by Gasteiger charge is 2.32. The molecule has 0 spiro atoms. The molecule has 0 aliphatic carbocycles. The summed E-state index contributed by atoms with van der Waals surface area (Å²) in [7, 11) is 0. The maximum atomic E-state index is 12.0. The highest BCUT2D eigenvalue weighted by Crippen LogP contribution is 2.21. The molecule has 0 aromatic rings. The van der Waals surface area contributed by atoms with Gasteiger partial charge in [0, 0.05) is 32.1 Å². The summed E-state index contributed by atoms with van der Waals surface area (Å²) in [6, 6.07) is 0. The molecule has 0 aromatic carbocycles. The van der Waals surface area contributed by atoms with Gasteiger partial charge >= 0.3 is 0 Å². The Morgan fingerprint density at radius 3 is 2.80 bits per heavy atom. The number of aliphatic hydroxyl groups is 1. The first-order chi connectivity index (χ1) is 7.18. The Hall–Kier alpha value is -0.610. The van der Waals surface area contributed by atoms with Crippen molar-refractivity contribution in [3.63, 3.8) is 0 Å². The maximum Gasteiger partial charge on any atom is 0.228 e. The number of carbonyl (C=O) groups excluding carboxylic acids is 1. The molecule has 15 heavy (non-hydrogen) atoms. The zero-order valence-corrected chi connectivity index (χ0v) is 9.28. The monoisotopic (exact) mass is 212 g/mol. The molecule has 2 heterocycles. The first-order valence-electron chi connectivity index (χ1n) is 5.86. The van der Waals surface area contributed by atoms with Gasteiger partial charge in [-0.3, -0.25) is 4.79 Å². The summed E-state index contributed by atoms with van der Waals surface area (Å²) in [4.78, 5) is 13.9. The second-order valence-electron chi connectivity index (χ2n) is 4.78. The van der Waals surface area contributed by atoms with Crippen molar-refractivity contribution in [1.82, 2.24) is 10.2 Å². The van der Waals surface area contributed by atoms with Gasteiger partial charge in [0.05, 0.1) is 12.0 Å². The van der Waals surface area contributed by atoms with E-state index < -0.39 is 0 Å². The van der Waals surface area contributed by atoms with Crippen molar-refractivity contribution >= 4 is 5.91 Å². The fraction of sp³-hybridized carbons (Fsp3) is 0.909. The third kappa shape index (κ3) is 2.32. The van der Waals surface area contributed by atoms with Crippen LogP contribution in [0.5, 0.6) is 0 Å². The van der Waals surface area contributed by atoms with Crippen LogP contribution in [0.2, 0.25) is 0 Å². The molecule has 0 bridgehead atoms. The molecule has 86 valence electrons. The Morgan fingerprint density at radius 1 is 1.53 bits per heavy atom.